The Balaban J connectivity index is 2.11. The van der Waals surface area contributed by atoms with E-state index in [1.807, 2.05) is 53.7 Å². The maximum absolute atomic E-state index is 12.5. The molecule has 0 aliphatic carbocycles. The fourth-order valence-corrected chi connectivity index (χ4v) is 3.51. The highest BCUT2D eigenvalue weighted by Crippen LogP contribution is 2.40. The minimum atomic E-state index is -0.633. The van der Waals surface area contributed by atoms with Crippen LogP contribution in [0.2, 0.25) is 0 Å². The topological polar surface area (TPSA) is 102 Å². The van der Waals surface area contributed by atoms with Gasteiger partial charge in [-0.1, -0.05) is 47.6 Å². The highest BCUT2D eigenvalue weighted by Gasteiger charge is 2.29. The van der Waals surface area contributed by atoms with Crippen molar-refractivity contribution in [3.8, 4) is 5.75 Å². The zero-order valence-corrected chi connectivity index (χ0v) is 19.4. The van der Waals surface area contributed by atoms with Gasteiger partial charge in [0.05, 0.1) is 4.92 Å². The number of aryl methyl sites for hydroxylation is 1. The SMILES string of the molecule is Cc1ccc(C2=NC(=Cc3cc(C(C)(C)C)c(O)c(C(C)(C)C)c3)C(=O)O2)cc1[N+](=O)[O-]. The molecule has 0 fully saturated rings. The predicted octanol–water partition coefficient (Wildman–Crippen LogP) is 5.55. The summed E-state index contributed by atoms with van der Waals surface area (Å²) < 4.78 is 5.30. The fraction of sp³-hybridized carbons (Fsp3) is 0.360. The van der Waals surface area contributed by atoms with Crippen LogP contribution in [0.25, 0.3) is 6.08 Å². The standard InChI is InChI=1S/C25H28N2O5/c1-14-8-9-16(13-20(14)27(30)31)22-26-19(23(29)32-22)12-15-10-17(24(2,3)4)21(28)18(11-15)25(5,6)7/h8-13,28H,1-7H3. The molecular weight excluding hydrogens is 408 g/mol. The lowest BCUT2D eigenvalue weighted by molar-refractivity contribution is -0.385. The van der Waals surface area contributed by atoms with E-state index in [0.717, 1.165) is 11.1 Å². The Morgan fingerprint density at radius 3 is 2.09 bits per heavy atom. The van der Waals surface area contributed by atoms with Gasteiger partial charge in [0.2, 0.25) is 5.90 Å². The summed E-state index contributed by atoms with van der Waals surface area (Å²) in [4.78, 5) is 27.5. The third kappa shape index (κ3) is 4.56. The van der Waals surface area contributed by atoms with Crippen molar-refractivity contribution in [2.24, 2.45) is 4.99 Å². The van der Waals surface area contributed by atoms with Crippen molar-refractivity contribution < 1.29 is 19.6 Å². The zero-order chi connectivity index (χ0) is 24.0. The average Bonchev–Trinajstić information content (AvgIpc) is 3.01. The normalized spacial score (nSPS) is 15.7. The van der Waals surface area contributed by atoms with E-state index in [-0.39, 0.29) is 33.9 Å². The molecule has 1 aliphatic heterocycles. The van der Waals surface area contributed by atoms with E-state index in [4.69, 9.17) is 4.74 Å². The minimum Gasteiger partial charge on any atom is -0.507 e. The van der Waals surface area contributed by atoms with Gasteiger partial charge in [-0.2, -0.15) is 0 Å². The van der Waals surface area contributed by atoms with Crippen LogP contribution in [0.1, 0.15) is 69.4 Å². The van der Waals surface area contributed by atoms with Crippen LogP contribution in [-0.4, -0.2) is 21.9 Å². The quantitative estimate of drug-likeness (QED) is 0.294. The van der Waals surface area contributed by atoms with Gasteiger partial charge < -0.3 is 9.84 Å². The van der Waals surface area contributed by atoms with E-state index < -0.39 is 10.9 Å². The number of carbonyl (C=O) groups excluding carboxylic acids is 1. The highest BCUT2D eigenvalue weighted by molar-refractivity contribution is 6.13. The first kappa shape index (κ1) is 23.2. The number of cyclic esters (lactones) is 1. The van der Waals surface area contributed by atoms with E-state index in [1.165, 1.54) is 6.07 Å². The first-order chi connectivity index (χ1) is 14.7. The Bertz CT molecular complexity index is 1140. The predicted molar refractivity (Wildman–Crippen MR) is 124 cm³/mol. The summed E-state index contributed by atoms with van der Waals surface area (Å²) in [6.07, 6.45) is 1.61. The first-order valence-electron chi connectivity index (χ1n) is 10.3. The molecular formula is C25H28N2O5. The van der Waals surface area contributed by atoms with E-state index in [9.17, 15) is 20.0 Å². The van der Waals surface area contributed by atoms with Gasteiger partial charge in [-0.25, -0.2) is 9.79 Å². The third-order valence-electron chi connectivity index (χ3n) is 5.32. The Morgan fingerprint density at radius 1 is 1.03 bits per heavy atom. The molecule has 0 spiro atoms. The summed E-state index contributed by atoms with van der Waals surface area (Å²) in [6, 6.07) is 8.26. The Kier molecular flexibility index (Phi) is 5.72. The van der Waals surface area contributed by atoms with Gasteiger partial charge in [0.1, 0.15) is 5.75 Å². The molecule has 0 amide bonds. The lowest BCUT2D eigenvalue weighted by Crippen LogP contribution is -2.17. The van der Waals surface area contributed by atoms with Gasteiger partial charge in [-0.3, -0.25) is 10.1 Å². The van der Waals surface area contributed by atoms with Gasteiger partial charge in [-0.05, 0) is 47.6 Å². The molecule has 1 N–H and O–H groups in total. The number of nitro groups is 1. The average molecular weight is 437 g/mol. The Morgan fingerprint density at radius 2 is 1.59 bits per heavy atom. The van der Waals surface area contributed by atoms with E-state index in [2.05, 4.69) is 4.99 Å². The molecule has 0 saturated carbocycles. The monoisotopic (exact) mass is 436 g/mol. The molecule has 0 aromatic heterocycles. The van der Waals surface area contributed by atoms with Crippen molar-refractivity contribution in [1.82, 2.24) is 0 Å². The van der Waals surface area contributed by atoms with Crippen molar-refractivity contribution in [3.05, 3.63) is 74.0 Å². The number of phenolic OH excluding ortho intramolecular Hbond substituents is 1. The Labute approximate surface area is 187 Å². The second kappa shape index (κ2) is 7.89. The van der Waals surface area contributed by atoms with Gasteiger partial charge in [0.25, 0.3) is 5.69 Å². The number of benzene rings is 2. The van der Waals surface area contributed by atoms with Crippen LogP contribution in [0.3, 0.4) is 0 Å². The van der Waals surface area contributed by atoms with E-state index in [1.54, 1.807) is 25.1 Å². The van der Waals surface area contributed by atoms with E-state index >= 15 is 0 Å². The number of esters is 1. The highest BCUT2D eigenvalue weighted by atomic mass is 16.6. The molecule has 0 atom stereocenters. The lowest BCUT2D eigenvalue weighted by atomic mass is 9.78. The van der Waals surface area contributed by atoms with Crippen LogP contribution >= 0.6 is 0 Å². The van der Waals surface area contributed by atoms with Gasteiger partial charge >= 0.3 is 5.97 Å². The molecule has 0 saturated heterocycles. The molecule has 7 nitrogen and oxygen atoms in total. The van der Waals surface area contributed by atoms with Crippen LogP contribution in [0, 0.1) is 17.0 Å². The molecule has 0 unspecified atom stereocenters. The number of ether oxygens (including phenoxy) is 1. The molecule has 3 rings (SSSR count). The maximum atomic E-state index is 12.5. The molecule has 2 aromatic rings. The van der Waals surface area contributed by atoms with Crippen LogP contribution in [0.4, 0.5) is 5.69 Å². The summed E-state index contributed by atoms with van der Waals surface area (Å²) in [5.41, 5.74) is 2.50. The third-order valence-corrected chi connectivity index (χ3v) is 5.32. The molecule has 168 valence electrons. The molecule has 32 heavy (non-hydrogen) atoms. The number of nitro benzene ring substituents is 1. The van der Waals surface area contributed by atoms with Crippen molar-refractivity contribution >= 4 is 23.6 Å². The van der Waals surface area contributed by atoms with E-state index in [0.29, 0.717) is 16.7 Å². The summed E-state index contributed by atoms with van der Waals surface area (Å²) in [7, 11) is 0. The van der Waals surface area contributed by atoms with Crippen LogP contribution < -0.4 is 0 Å². The first-order valence-corrected chi connectivity index (χ1v) is 10.3. The van der Waals surface area contributed by atoms with Crippen LogP contribution in [0.5, 0.6) is 5.75 Å². The molecule has 1 heterocycles. The van der Waals surface area contributed by atoms with Gasteiger partial charge in [0, 0.05) is 28.3 Å². The number of phenols is 1. The summed E-state index contributed by atoms with van der Waals surface area (Å²) in [5.74, 6) is -0.363. The fourth-order valence-electron chi connectivity index (χ4n) is 3.51. The molecule has 0 radical (unpaired) electrons. The molecule has 2 aromatic carbocycles. The number of nitrogens with zero attached hydrogens (tertiary/aromatic N) is 2. The van der Waals surface area contributed by atoms with Gasteiger partial charge in [0.15, 0.2) is 5.70 Å². The van der Waals surface area contributed by atoms with Gasteiger partial charge in [-0.15, -0.1) is 0 Å². The molecule has 7 heteroatoms. The number of hydrogen-bond donors (Lipinski definition) is 1. The summed E-state index contributed by atoms with van der Waals surface area (Å²) in [6.45, 7) is 13.7. The van der Waals surface area contributed by atoms with Crippen molar-refractivity contribution in [2.45, 2.75) is 59.3 Å². The maximum Gasteiger partial charge on any atom is 0.363 e. The summed E-state index contributed by atoms with van der Waals surface area (Å²) >= 11 is 0. The smallest absolute Gasteiger partial charge is 0.363 e. The molecule has 0 bridgehead atoms. The molecule has 1 aliphatic rings. The van der Waals surface area contributed by atoms with Crippen molar-refractivity contribution in [2.75, 3.05) is 0 Å². The number of rotatable bonds is 3. The van der Waals surface area contributed by atoms with Crippen LogP contribution in [0.15, 0.2) is 41.0 Å². The Hall–Kier alpha value is -3.48. The van der Waals surface area contributed by atoms with Crippen molar-refractivity contribution in [1.29, 1.82) is 0 Å². The van der Waals surface area contributed by atoms with Crippen LogP contribution in [-0.2, 0) is 20.4 Å². The summed E-state index contributed by atoms with van der Waals surface area (Å²) in [5, 5.41) is 22.1. The lowest BCUT2D eigenvalue weighted by Gasteiger charge is -2.27. The number of aliphatic imine (C=N–C) groups is 1. The minimum absolute atomic E-state index is 0.0234. The second-order valence-corrected chi connectivity index (χ2v) is 10.1. The number of hydrogen-bond acceptors (Lipinski definition) is 6. The second-order valence-electron chi connectivity index (χ2n) is 10.1. The number of carbonyl (C=O) groups is 1. The largest absolute Gasteiger partial charge is 0.507 e. The van der Waals surface area contributed by atoms with Crippen molar-refractivity contribution in [3.63, 3.8) is 0 Å². The zero-order valence-electron chi connectivity index (χ0n) is 19.4. The number of aromatic hydroxyl groups is 1.